The van der Waals surface area contributed by atoms with Gasteiger partial charge in [-0.3, -0.25) is 9.59 Å². The van der Waals surface area contributed by atoms with Crippen LogP contribution in [-0.2, 0) is 21.5 Å². The first kappa shape index (κ1) is 22.0. The lowest BCUT2D eigenvalue weighted by molar-refractivity contribution is -0.142. The van der Waals surface area contributed by atoms with Gasteiger partial charge in [-0.15, -0.1) is 0 Å². The largest absolute Gasteiger partial charge is 0.481 e. The number of unbranched alkanes of at least 4 members (excludes halogenated alkanes) is 1. The second-order valence-electron chi connectivity index (χ2n) is 6.59. The van der Waals surface area contributed by atoms with Crippen LogP contribution >= 0.6 is 0 Å². The fourth-order valence-electron chi connectivity index (χ4n) is 3.19. The van der Waals surface area contributed by atoms with Crippen molar-refractivity contribution in [2.24, 2.45) is 0 Å². The zero-order chi connectivity index (χ0) is 21.4. The zero-order valence-corrected chi connectivity index (χ0v) is 16.5. The smallest absolute Gasteiger partial charge is 0.306 e. The van der Waals surface area contributed by atoms with E-state index in [1.54, 1.807) is 25.2 Å². The van der Waals surface area contributed by atoms with Crippen LogP contribution in [0.4, 0.5) is 11.8 Å². The number of ketones is 1. The van der Waals surface area contributed by atoms with Crippen LogP contribution in [0.25, 0.3) is 0 Å². The molecule has 2 rings (SSSR count). The summed E-state index contributed by atoms with van der Waals surface area (Å²) >= 11 is 0. The van der Waals surface area contributed by atoms with Gasteiger partial charge in [-0.05, 0) is 37.9 Å². The highest BCUT2D eigenvalue weighted by Gasteiger charge is 2.40. The van der Waals surface area contributed by atoms with Gasteiger partial charge in [0, 0.05) is 30.4 Å². The van der Waals surface area contributed by atoms with Crippen molar-refractivity contribution in [2.75, 3.05) is 25.6 Å². The number of hydrogen-bond donors (Lipinski definition) is 4. The van der Waals surface area contributed by atoms with E-state index in [-0.39, 0.29) is 18.2 Å². The van der Waals surface area contributed by atoms with Gasteiger partial charge >= 0.3 is 5.97 Å². The molecule has 1 atom stereocenters. The average molecular weight is 402 g/mol. The number of aliphatic carboxylic acids is 1. The maximum absolute atomic E-state index is 13.1. The van der Waals surface area contributed by atoms with Crippen molar-refractivity contribution in [3.8, 4) is 5.88 Å². The highest BCUT2D eigenvalue weighted by molar-refractivity contribution is 5.93. The highest BCUT2D eigenvalue weighted by Crippen LogP contribution is 2.29. The zero-order valence-electron chi connectivity index (χ0n) is 16.5. The summed E-state index contributed by atoms with van der Waals surface area (Å²) in [5.41, 5.74) is 11.0. The summed E-state index contributed by atoms with van der Waals surface area (Å²) in [6, 6.07) is 4.89. The van der Waals surface area contributed by atoms with Crippen LogP contribution in [-0.4, -0.2) is 46.0 Å². The third-order valence-electron chi connectivity index (χ3n) is 4.66. The van der Waals surface area contributed by atoms with Gasteiger partial charge in [0.1, 0.15) is 11.4 Å². The fraction of sp³-hybridized carbons (Fsp3) is 0.421. The molecule has 6 N–H and O–H groups in total. The van der Waals surface area contributed by atoms with Gasteiger partial charge in [0.25, 0.3) is 0 Å². The second kappa shape index (κ2) is 9.78. The topological polar surface area (TPSA) is 166 Å². The number of likely N-dealkylation sites (N-methyl/N-ethyl adjacent to an activating group) is 1. The first-order valence-corrected chi connectivity index (χ1v) is 9.14. The number of carboxylic acid groups (broad SMARTS) is 1. The molecule has 0 saturated heterocycles. The van der Waals surface area contributed by atoms with Gasteiger partial charge in [-0.1, -0.05) is 0 Å². The molecule has 10 nitrogen and oxygen atoms in total. The van der Waals surface area contributed by atoms with E-state index < -0.39 is 17.9 Å². The molecule has 0 saturated carbocycles. The van der Waals surface area contributed by atoms with Crippen LogP contribution in [0.15, 0.2) is 24.4 Å². The molecule has 156 valence electrons. The van der Waals surface area contributed by atoms with Gasteiger partial charge in [0.2, 0.25) is 11.8 Å². The second-order valence-corrected chi connectivity index (χ2v) is 6.59. The van der Waals surface area contributed by atoms with Gasteiger partial charge < -0.3 is 26.6 Å². The van der Waals surface area contributed by atoms with Gasteiger partial charge in [-0.25, -0.2) is 9.97 Å². The number of carbonyl (C=O) groups is 2. The Morgan fingerprint density at radius 3 is 2.55 bits per heavy atom. The quantitative estimate of drug-likeness (QED) is 0.397. The Kier molecular flexibility index (Phi) is 7.43. The van der Waals surface area contributed by atoms with Crippen molar-refractivity contribution >= 4 is 23.5 Å². The number of Topliss-reactive ketones (excluding diaryl/α,β-unsaturated/α-hetero) is 1. The number of carbonyl (C=O) groups excluding carboxylic acids is 1. The van der Waals surface area contributed by atoms with E-state index in [0.29, 0.717) is 42.2 Å². The molecule has 0 aromatic carbocycles. The normalized spacial score (nSPS) is 12.9. The van der Waals surface area contributed by atoms with Crippen molar-refractivity contribution in [2.45, 2.75) is 37.6 Å². The number of nitrogens with zero attached hydrogens (tertiary/aromatic N) is 3. The lowest BCUT2D eigenvalue weighted by Crippen LogP contribution is -2.49. The number of aromatic nitrogens is 3. The standard InChI is InChI=1S/C19H26N6O4/c1-22-19(10-17(27)28,12-7-8-16(29-2)23-11-12)14(26)6-4-3-5-13-9-15(20)25-18(21)24-13/h7-9,11,22H,3-6,10H2,1-2H3,(H,27,28)(H4,20,21,24,25). The molecule has 29 heavy (non-hydrogen) atoms. The first-order valence-electron chi connectivity index (χ1n) is 9.14. The summed E-state index contributed by atoms with van der Waals surface area (Å²) in [7, 11) is 3.05. The van der Waals surface area contributed by atoms with E-state index in [0.717, 1.165) is 0 Å². The van der Waals surface area contributed by atoms with Crippen molar-refractivity contribution in [1.29, 1.82) is 0 Å². The summed E-state index contributed by atoms with van der Waals surface area (Å²) in [5, 5.41) is 12.3. The molecule has 0 spiro atoms. The van der Waals surface area contributed by atoms with Crippen molar-refractivity contribution in [1.82, 2.24) is 20.3 Å². The van der Waals surface area contributed by atoms with E-state index in [1.165, 1.54) is 13.3 Å². The summed E-state index contributed by atoms with van der Waals surface area (Å²) < 4.78 is 5.03. The third kappa shape index (κ3) is 5.61. The average Bonchev–Trinajstić information content (AvgIpc) is 2.68. The molecule has 0 amide bonds. The lowest BCUT2D eigenvalue weighted by atomic mass is 9.81. The molecular weight excluding hydrogens is 376 g/mol. The summed E-state index contributed by atoms with van der Waals surface area (Å²) in [5.74, 6) is -0.526. The third-order valence-corrected chi connectivity index (χ3v) is 4.66. The van der Waals surface area contributed by atoms with Crippen LogP contribution in [0.5, 0.6) is 5.88 Å². The number of nitrogens with two attached hydrogens (primary N) is 2. The van der Waals surface area contributed by atoms with Crippen LogP contribution in [0.1, 0.15) is 36.9 Å². The van der Waals surface area contributed by atoms with Crippen molar-refractivity contribution in [3.05, 3.63) is 35.7 Å². The van der Waals surface area contributed by atoms with Crippen molar-refractivity contribution in [3.63, 3.8) is 0 Å². The van der Waals surface area contributed by atoms with Gasteiger partial charge in [0.15, 0.2) is 5.78 Å². The van der Waals surface area contributed by atoms with Gasteiger partial charge in [-0.2, -0.15) is 4.98 Å². The Labute approximate surface area is 168 Å². The monoisotopic (exact) mass is 402 g/mol. The maximum Gasteiger partial charge on any atom is 0.306 e. The minimum Gasteiger partial charge on any atom is -0.481 e. The molecule has 0 radical (unpaired) electrons. The lowest BCUT2D eigenvalue weighted by Gasteiger charge is -2.31. The molecule has 0 bridgehead atoms. The Morgan fingerprint density at radius 1 is 1.24 bits per heavy atom. The molecule has 2 aromatic heterocycles. The molecule has 0 fully saturated rings. The van der Waals surface area contributed by atoms with E-state index in [1.807, 2.05) is 0 Å². The Balaban J connectivity index is 2.09. The van der Waals surface area contributed by atoms with Crippen LogP contribution < -0.4 is 21.5 Å². The number of nitrogens with one attached hydrogen (secondary N) is 1. The minimum atomic E-state index is -1.37. The number of ether oxygens (including phenoxy) is 1. The number of rotatable bonds is 11. The number of hydrogen-bond acceptors (Lipinski definition) is 9. The van der Waals surface area contributed by atoms with E-state index in [4.69, 9.17) is 16.2 Å². The van der Waals surface area contributed by atoms with Crippen LogP contribution in [0, 0.1) is 0 Å². The number of aryl methyl sites for hydroxylation is 1. The molecule has 1 unspecified atom stereocenters. The molecule has 0 aliphatic rings. The molecule has 10 heteroatoms. The number of methoxy groups -OCH3 is 1. The Hall–Kier alpha value is -3.27. The summed E-state index contributed by atoms with van der Waals surface area (Å²) in [6.45, 7) is 0. The van der Waals surface area contributed by atoms with Crippen LogP contribution in [0.3, 0.4) is 0 Å². The highest BCUT2D eigenvalue weighted by atomic mass is 16.5. The number of anilines is 2. The maximum atomic E-state index is 13.1. The fourth-order valence-corrected chi connectivity index (χ4v) is 3.19. The van der Waals surface area contributed by atoms with Crippen LogP contribution in [0.2, 0.25) is 0 Å². The molecule has 2 aromatic rings. The summed E-state index contributed by atoms with van der Waals surface area (Å²) in [4.78, 5) is 36.6. The number of carboxylic acids is 1. The Morgan fingerprint density at radius 2 is 2.00 bits per heavy atom. The molecule has 0 aliphatic carbocycles. The molecular formula is C19H26N6O4. The SMILES string of the molecule is CNC(CC(=O)O)(C(=O)CCCCc1cc(N)nc(N)n1)c1ccc(OC)nc1. The number of nitrogen functional groups attached to an aromatic ring is 2. The first-order chi connectivity index (χ1) is 13.8. The van der Waals surface area contributed by atoms with Gasteiger partial charge in [0.05, 0.1) is 13.5 Å². The summed E-state index contributed by atoms with van der Waals surface area (Å²) in [6.07, 6.45) is 3.05. The number of pyridine rings is 1. The van der Waals surface area contributed by atoms with E-state index >= 15 is 0 Å². The van der Waals surface area contributed by atoms with E-state index in [2.05, 4.69) is 20.3 Å². The molecule has 0 aliphatic heterocycles. The molecule has 2 heterocycles. The van der Waals surface area contributed by atoms with E-state index in [9.17, 15) is 14.7 Å². The van der Waals surface area contributed by atoms with Crippen molar-refractivity contribution < 1.29 is 19.4 Å². The predicted octanol–water partition coefficient (Wildman–Crippen LogP) is 0.916. The minimum absolute atomic E-state index is 0.110. The Bertz CT molecular complexity index is 838. The predicted molar refractivity (Wildman–Crippen MR) is 107 cm³/mol.